The zero-order valence-electron chi connectivity index (χ0n) is 14.9. The summed E-state index contributed by atoms with van der Waals surface area (Å²) in [4.78, 5) is 0. The molecule has 0 aliphatic heterocycles. The molecule has 1 nitrogen and oxygen atoms in total. The third-order valence-corrected chi connectivity index (χ3v) is 5.88. The van der Waals surface area contributed by atoms with E-state index >= 15 is 0 Å². The molecule has 25 heavy (non-hydrogen) atoms. The highest BCUT2D eigenvalue weighted by atomic mass is 19.1. The van der Waals surface area contributed by atoms with E-state index in [1.807, 2.05) is 6.92 Å². The molecule has 0 aromatic heterocycles. The van der Waals surface area contributed by atoms with Gasteiger partial charge in [-0.15, -0.1) is 0 Å². The Balaban J connectivity index is 1.48. The number of ether oxygens (including phenoxy) is 1. The highest BCUT2D eigenvalue weighted by Gasteiger charge is 2.29. The minimum Gasteiger partial charge on any atom is -0.487 e. The third-order valence-electron chi connectivity index (χ3n) is 5.88. The zero-order valence-corrected chi connectivity index (χ0v) is 14.9. The Morgan fingerprint density at radius 1 is 0.960 bits per heavy atom. The van der Waals surface area contributed by atoms with Crippen LogP contribution in [0.5, 0.6) is 5.75 Å². The molecular weight excluding hydrogens is 325 g/mol. The molecule has 4 heteroatoms. The smallest absolute Gasteiger partial charge is 0.190 e. The van der Waals surface area contributed by atoms with Crippen LogP contribution in [0.1, 0.15) is 57.4 Å². The van der Waals surface area contributed by atoms with Gasteiger partial charge in [0.15, 0.2) is 17.4 Å². The molecule has 0 heterocycles. The van der Waals surface area contributed by atoms with Crippen molar-refractivity contribution in [2.75, 3.05) is 6.61 Å². The van der Waals surface area contributed by atoms with Gasteiger partial charge in [-0.05, 0) is 86.8 Å². The van der Waals surface area contributed by atoms with Crippen molar-refractivity contribution in [1.29, 1.82) is 0 Å². The summed E-state index contributed by atoms with van der Waals surface area (Å²) in [5, 5.41) is 0. The minimum absolute atomic E-state index is 0.0384. The summed E-state index contributed by atoms with van der Waals surface area (Å²) in [6.45, 7) is 2.23. The summed E-state index contributed by atoms with van der Waals surface area (Å²) in [5.74, 6) is 0.166. The van der Waals surface area contributed by atoms with Crippen LogP contribution in [0.2, 0.25) is 0 Å². The van der Waals surface area contributed by atoms with Gasteiger partial charge in [0.2, 0.25) is 0 Å². The Kier molecular flexibility index (Phi) is 6.08. The van der Waals surface area contributed by atoms with Gasteiger partial charge in [-0.25, -0.2) is 13.2 Å². The lowest BCUT2D eigenvalue weighted by Crippen LogP contribution is -2.25. The molecule has 0 bridgehead atoms. The van der Waals surface area contributed by atoms with E-state index in [0.29, 0.717) is 42.8 Å². The largest absolute Gasteiger partial charge is 0.487 e. The maximum Gasteiger partial charge on any atom is 0.190 e. The average Bonchev–Trinajstić information content (AvgIpc) is 2.62. The molecule has 0 spiro atoms. The summed E-state index contributed by atoms with van der Waals surface area (Å²) < 4.78 is 46.6. The Bertz CT molecular complexity index is 595. The van der Waals surface area contributed by atoms with Crippen LogP contribution in [-0.2, 0) is 6.42 Å². The summed E-state index contributed by atoms with van der Waals surface area (Å²) in [5.41, 5.74) is 0.640. The predicted octanol–water partition coefficient (Wildman–Crippen LogP) is 6.37. The van der Waals surface area contributed by atoms with E-state index in [9.17, 15) is 13.2 Å². The Hall–Kier alpha value is -1.45. The van der Waals surface area contributed by atoms with Crippen molar-refractivity contribution in [3.8, 4) is 5.75 Å². The maximum absolute atomic E-state index is 14.0. The first kappa shape index (κ1) is 18.3. The lowest BCUT2D eigenvalue weighted by atomic mass is 9.72. The van der Waals surface area contributed by atoms with Gasteiger partial charge in [0, 0.05) is 0 Å². The summed E-state index contributed by atoms with van der Waals surface area (Å²) in [7, 11) is 0. The van der Waals surface area contributed by atoms with Gasteiger partial charge in [-0.2, -0.15) is 0 Å². The molecule has 138 valence electrons. The minimum atomic E-state index is -0.610. The molecule has 1 aromatic carbocycles. The number of allylic oxidation sites excluding steroid dienone is 2. The van der Waals surface area contributed by atoms with Crippen molar-refractivity contribution < 1.29 is 17.9 Å². The van der Waals surface area contributed by atoms with Gasteiger partial charge < -0.3 is 4.74 Å². The fourth-order valence-corrected chi connectivity index (χ4v) is 4.23. The second-order valence-electron chi connectivity index (χ2n) is 7.52. The molecule has 1 aromatic rings. The number of hydrogen-bond acceptors (Lipinski definition) is 1. The molecule has 3 rings (SSSR count). The molecular formula is C21H27F3O. The van der Waals surface area contributed by atoms with Crippen LogP contribution in [0.3, 0.4) is 0 Å². The van der Waals surface area contributed by atoms with E-state index in [1.165, 1.54) is 12.1 Å². The predicted molar refractivity (Wildman–Crippen MR) is 93.2 cm³/mol. The molecule has 2 aliphatic rings. The summed E-state index contributed by atoms with van der Waals surface area (Å²) in [6, 6.07) is 2.70. The van der Waals surface area contributed by atoms with Crippen LogP contribution >= 0.6 is 0 Å². The number of halogens is 3. The molecule has 1 atom stereocenters. The van der Waals surface area contributed by atoms with E-state index in [2.05, 4.69) is 0 Å². The van der Waals surface area contributed by atoms with Crippen LogP contribution in [-0.4, -0.2) is 6.61 Å². The highest BCUT2D eigenvalue weighted by Crippen LogP contribution is 2.40. The summed E-state index contributed by atoms with van der Waals surface area (Å²) >= 11 is 0. The molecule has 0 radical (unpaired) electrons. The van der Waals surface area contributed by atoms with Gasteiger partial charge >= 0.3 is 0 Å². The number of benzene rings is 1. The second-order valence-corrected chi connectivity index (χ2v) is 7.52. The van der Waals surface area contributed by atoms with Crippen molar-refractivity contribution in [2.45, 2.75) is 58.3 Å². The average molecular weight is 352 g/mol. The topological polar surface area (TPSA) is 9.23 Å². The van der Waals surface area contributed by atoms with Crippen LogP contribution in [0.4, 0.5) is 13.2 Å². The molecule has 1 unspecified atom stereocenters. The molecule has 1 fully saturated rings. The SMILES string of the molecule is CCc1cc(F)c(OCC2CCC(C3CC=C(F)CC3)CC2)c(F)c1. The zero-order chi connectivity index (χ0) is 17.8. The first-order valence-corrected chi connectivity index (χ1v) is 9.52. The molecule has 0 N–H and O–H groups in total. The summed E-state index contributed by atoms with van der Waals surface area (Å²) in [6.07, 6.45) is 8.98. The number of aryl methyl sites for hydroxylation is 1. The highest BCUT2D eigenvalue weighted by molar-refractivity contribution is 5.31. The fourth-order valence-electron chi connectivity index (χ4n) is 4.23. The Morgan fingerprint density at radius 3 is 2.20 bits per heavy atom. The van der Waals surface area contributed by atoms with Crippen LogP contribution in [0.15, 0.2) is 24.0 Å². The van der Waals surface area contributed by atoms with Crippen molar-refractivity contribution >= 4 is 0 Å². The van der Waals surface area contributed by atoms with Gasteiger partial charge in [0.25, 0.3) is 0 Å². The molecule has 1 saturated carbocycles. The van der Waals surface area contributed by atoms with Crippen molar-refractivity contribution in [3.63, 3.8) is 0 Å². The van der Waals surface area contributed by atoms with Crippen LogP contribution < -0.4 is 4.74 Å². The quantitative estimate of drug-likeness (QED) is 0.598. The Morgan fingerprint density at radius 2 is 1.64 bits per heavy atom. The first-order valence-electron chi connectivity index (χ1n) is 9.52. The van der Waals surface area contributed by atoms with E-state index < -0.39 is 11.6 Å². The lowest BCUT2D eigenvalue weighted by Gasteiger charge is -2.34. The van der Waals surface area contributed by atoms with Gasteiger partial charge in [-0.1, -0.05) is 13.0 Å². The number of hydrogen-bond donors (Lipinski definition) is 0. The third kappa shape index (κ3) is 4.59. The van der Waals surface area contributed by atoms with E-state index in [4.69, 9.17) is 4.74 Å². The van der Waals surface area contributed by atoms with Crippen LogP contribution in [0.25, 0.3) is 0 Å². The van der Waals surface area contributed by atoms with Crippen LogP contribution in [0, 0.1) is 29.4 Å². The normalized spacial score (nSPS) is 27.0. The van der Waals surface area contributed by atoms with E-state index in [1.54, 1.807) is 6.08 Å². The van der Waals surface area contributed by atoms with Gasteiger partial charge in [-0.3, -0.25) is 0 Å². The standard InChI is InChI=1S/C21H27F3O/c1-2-14-11-19(23)21(20(24)12-14)25-13-15-3-5-16(6-4-15)17-7-9-18(22)10-8-17/h9,11-12,15-17H,2-8,10,13H2,1H3. The second kappa shape index (κ2) is 8.29. The van der Waals surface area contributed by atoms with E-state index in [-0.39, 0.29) is 11.6 Å². The van der Waals surface area contributed by atoms with E-state index in [0.717, 1.165) is 38.5 Å². The van der Waals surface area contributed by atoms with Crippen molar-refractivity contribution in [1.82, 2.24) is 0 Å². The van der Waals surface area contributed by atoms with Gasteiger partial charge in [0.1, 0.15) is 0 Å². The van der Waals surface area contributed by atoms with Gasteiger partial charge in [0.05, 0.1) is 12.4 Å². The Labute approximate surface area is 148 Å². The molecule has 2 aliphatic carbocycles. The maximum atomic E-state index is 14.0. The fraction of sp³-hybridized carbons (Fsp3) is 0.619. The lowest BCUT2D eigenvalue weighted by molar-refractivity contribution is 0.142. The monoisotopic (exact) mass is 352 g/mol. The van der Waals surface area contributed by atoms with Crippen molar-refractivity contribution in [2.24, 2.45) is 17.8 Å². The van der Waals surface area contributed by atoms with Crippen molar-refractivity contribution in [3.05, 3.63) is 41.2 Å². The number of rotatable bonds is 5. The molecule has 0 saturated heterocycles. The molecule has 0 amide bonds. The first-order chi connectivity index (χ1) is 12.1.